The molecular formula is C14H27N5. The predicted octanol–water partition coefficient (Wildman–Crippen LogP) is 1.48. The second kappa shape index (κ2) is 7.01. The molecule has 1 N–H and O–H groups in total. The van der Waals surface area contributed by atoms with Gasteiger partial charge < -0.3 is 9.88 Å². The number of hydrogen-bond acceptors (Lipinski definition) is 4. The molecule has 0 bridgehead atoms. The molecule has 19 heavy (non-hydrogen) atoms. The number of aryl methyl sites for hydroxylation is 1. The van der Waals surface area contributed by atoms with Gasteiger partial charge in [-0.3, -0.25) is 4.90 Å². The summed E-state index contributed by atoms with van der Waals surface area (Å²) in [6, 6.07) is 0.659. The molecule has 0 amide bonds. The average molecular weight is 265 g/mol. The van der Waals surface area contributed by atoms with Gasteiger partial charge in [-0.05, 0) is 39.3 Å². The zero-order valence-electron chi connectivity index (χ0n) is 12.5. The molecule has 1 fully saturated rings. The Morgan fingerprint density at radius 2 is 2.26 bits per heavy atom. The molecule has 0 aliphatic carbocycles. The van der Waals surface area contributed by atoms with Gasteiger partial charge in [0, 0.05) is 19.6 Å². The van der Waals surface area contributed by atoms with Crippen molar-refractivity contribution in [1.29, 1.82) is 0 Å². The first kappa shape index (κ1) is 14.5. The molecule has 0 aromatic carbocycles. The van der Waals surface area contributed by atoms with Gasteiger partial charge in [-0.2, -0.15) is 0 Å². The molecule has 0 radical (unpaired) electrons. The zero-order chi connectivity index (χ0) is 13.7. The second-order valence-corrected chi connectivity index (χ2v) is 5.60. The molecule has 1 aliphatic rings. The maximum absolute atomic E-state index is 4.29. The summed E-state index contributed by atoms with van der Waals surface area (Å²) >= 11 is 0. The van der Waals surface area contributed by atoms with E-state index in [-0.39, 0.29) is 0 Å². The molecule has 2 rings (SSSR count). The Morgan fingerprint density at radius 1 is 1.42 bits per heavy atom. The Hall–Kier alpha value is -0.940. The Kier molecular flexibility index (Phi) is 5.34. The van der Waals surface area contributed by atoms with Crippen LogP contribution >= 0.6 is 0 Å². The Bertz CT molecular complexity index is 381. The molecule has 2 heterocycles. The van der Waals surface area contributed by atoms with Gasteiger partial charge in [-0.25, -0.2) is 0 Å². The molecule has 1 aliphatic heterocycles. The van der Waals surface area contributed by atoms with Crippen LogP contribution in [0.5, 0.6) is 0 Å². The van der Waals surface area contributed by atoms with Crippen LogP contribution in [-0.2, 0) is 13.6 Å². The smallest absolute Gasteiger partial charge is 0.146 e. The van der Waals surface area contributed by atoms with Crippen molar-refractivity contribution < 1.29 is 0 Å². The van der Waals surface area contributed by atoms with E-state index in [9.17, 15) is 0 Å². The fourth-order valence-corrected chi connectivity index (χ4v) is 2.63. The summed E-state index contributed by atoms with van der Waals surface area (Å²) in [7, 11) is 2.05. The van der Waals surface area contributed by atoms with E-state index in [0.29, 0.717) is 6.04 Å². The molecule has 1 atom stereocenters. The van der Waals surface area contributed by atoms with Crippen molar-refractivity contribution in [1.82, 2.24) is 25.0 Å². The van der Waals surface area contributed by atoms with Crippen LogP contribution in [-0.4, -0.2) is 45.3 Å². The fourth-order valence-electron chi connectivity index (χ4n) is 2.63. The highest BCUT2D eigenvalue weighted by Gasteiger charge is 2.19. The highest BCUT2D eigenvalue weighted by Crippen LogP contribution is 2.11. The third-order valence-electron chi connectivity index (χ3n) is 4.02. The third-order valence-corrected chi connectivity index (χ3v) is 4.02. The van der Waals surface area contributed by atoms with Gasteiger partial charge >= 0.3 is 0 Å². The molecule has 1 unspecified atom stereocenters. The van der Waals surface area contributed by atoms with Crippen molar-refractivity contribution in [2.75, 3.05) is 19.6 Å². The Balaban J connectivity index is 1.94. The van der Waals surface area contributed by atoms with Crippen molar-refractivity contribution in [2.24, 2.45) is 7.05 Å². The lowest BCUT2D eigenvalue weighted by Crippen LogP contribution is -2.38. The topological polar surface area (TPSA) is 46.0 Å². The van der Waals surface area contributed by atoms with Crippen LogP contribution in [0.25, 0.3) is 0 Å². The van der Waals surface area contributed by atoms with E-state index < -0.39 is 0 Å². The van der Waals surface area contributed by atoms with E-state index in [4.69, 9.17) is 0 Å². The van der Waals surface area contributed by atoms with Crippen LogP contribution in [0.2, 0.25) is 0 Å². The van der Waals surface area contributed by atoms with Gasteiger partial charge in [-0.15, -0.1) is 10.2 Å². The molecular weight excluding hydrogens is 238 g/mol. The molecule has 5 nitrogen and oxygen atoms in total. The van der Waals surface area contributed by atoms with Crippen molar-refractivity contribution in [3.05, 3.63) is 11.6 Å². The van der Waals surface area contributed by atoms with E-state index in [1.807, 2.05) is 6.92 Å². The van der Waals surface area contributed by atoms with Crippen LogP contribution in [0, 0.1) is 6.92 Å². The molecule has 1 aromatic rings. The van der Waals surface area contributed by atoms with E-state index >= 15 is 0 Å². The third kappa shape index (κ3) is 4.01. The predicted molar refractivity (Wildman–Crippen MR) is 76.9 cm³/mol. The Morgan fingerprint density at radius 3 is 2.84 bits per heavy atom. The minimum atomic E-state index is 0.659. The number of rotatable bonds is 7. The maximum Gasteiger partial charge on any atom is 0.146 e. The van der Waals surface area contributed by atoms with Gasteiger partial charge in [0.2, 0.25) is 0 Å². The summed E-state index contributed by atoms with van der Waals surface area (Å²) < 4.78 is 2.10. The van der Waals surface area contributed by atoms with Gasteiger partial charge in [-0.1, -0.05) is 13.3 Å². The molecule has 108 valence electrons. The summed E-state index contributed by atoms with van der Waals surface area (Å²) in [5, 5.41) is 12.0. The van der Waals surface area contributed by atoms with E-state index in [2.05, 4.69) is 39.0 Å². The zero-order valence-corrected chi connectivity index (χ0v) is 12.5. The van der Waals surface area contributed by atoms with Crippen LogP contribution < -0.4 is 5.32 Å². The summed E-state index contributed by atoms with van der Waals surface area (Å²) in [6.07, 6.45) is 5.12. The minimum absolute atomic E-state index is 0.659. The van der Waals surface area contributed by atoms with Gasteiger partial charge in [0.15, 0.2) is 0 Å². The Labute approximate surface area is 116 Å². The molecule has 1 saturated heterocycles. The average Bonchev–Trinajstić information content (AvgIpc) is 3.01. The number of aromatic nitrogens is 3. The number of nitrogens with one attached hydrogen (secondary N) is 1. The fraction of sp³-hybridized carbons (Fsp3) is 0.857. The minimum Gasteiger partial charge on any atom is -0.317 e. The van der Waals surface area contributed by atoms with Crippen molar-refractivity contribution in [3.8, 4) is 0 Å². The lowest BCUT2D eigenvalue weighted by Gasteiger charge is -2.25. The monoisotopic (exact) mass is 265 g/mol. The molecule has 5 heteroatoms. The van der Waals surface area contributed by atoms with Crippen LogP contribution in [0.15, 0.2) is 0 Å². The highest BCUT2D eigenvalue weighted by atomic mass is 15.3. The van der Waals surface area contributed by atoms with Crippen LogP contribution in [0.1, 0.15) is 44.3 Å². The van der Waals surface area contributed by atoms with Crippen molar-refractivity contribution in [3.63, 3.8) is 0 Å². The first-order chi connectivity index (χ1) is 9.20. The van der Waals surface area contributed by atoms with Gasteiger partial charge in [0.1, 0.15) is 11.6 Å². The summed E-state index contributed by atoms with van der Waals surface area (Å²) in [6.45, 7) is 8.63. The second-order valence-electron chi connectivity index (χ2n) is 5.60. The van der Waals surface area contributed by atoms with Gasteiger partial charge in [0.05, 0.1) is 6.54 Å². The summed E-state index contributed by atoms with van der Waals surface area (Å²) in [4.78, 5) is 2.52. The highest BCUT2D eigenvalue weighted by molar-refractivity contribution is 4.93. The van der Waals surface area contributed by atoms with Gasteiger partial charge in [0.25, 0.3) is 0 Å². The van der Waals surface area contributed by atoms with Crippen LogP contribution in [0.4, 0.5) is 0 Å². The molecule has 0 saturated carbocycles. The maximum atomic E-state index is 4.29. The van der Waals surface area contributed by atoms with Crippen LogP contribution in [0.3, 0.4) is 0 Å². The van der Waals surface area contributed by atoms with E-state index in [1.54, 1.807) is 0 Å². The van der Waals surface area contributed by atoms with Crippen molar-refractivity contribution >= 4 is 0 Å². The number of nitrogens with zero attached hydrogens (tertiary/aromatic N) is 4. The molecule has 1 aromatic heterocycles. The number of unbranched alkanes of at least 4 members (excludes halogenated alkanes) is 1. The number of hydrogen-bond donors (Lipinski definition) is 1. The van der Waals surface area contributed by atoms with E-state index in [1.165, 1.54) is 32.2 Å². The first-order valence-electron chi connectivity index (χ1n) is 7.51. The van der Waals surface area contributed by atoms with Crippen molar-refractivity contribution in [2.45, 2.75) is 52.1 Å². The lowest BCUT2D eigenvalue weighted by atomic mass is 10.2. The lowest BCUT2D eigenvalue weighted by molar-refractivity contribution is 0.230. The summed E-state index contributed by atoms with van der Waals surface area (Å²) in [5.74, 6) is 2.07. The largest absolute Gasteiger partial charge is 0.317 e. The first-order valence-corrected chi connectivity index (χ1v) is 7.51. The van der Waals surface area contributed by atoms with E-state index in [0.717, 1.165) is 31.3 Å². The summed E-state index contributed by atoms with van der Waals surface area (Å²) in [5.41, 5.74) is 0. The normalized spacial score (nSPS) is 19.5. The quantitative estimate of drug-likeness (QED) is 0.811. The SMILES string of the molecule is CCCCN(Cc1nnc(C)n1C)CC1CCCN1. The standard InChI is InChI=1S/C14H27N5/c1-4-5-9-19(10-13-7-6-8-15-13)11-14-17-16-12(2)18(14)3/h13,15H,4-11H2,1-3H3. The molecule has 0 spiro atoms.